The third-order valence-electron chi connectivity index (χ3n) is 8.71. The number of hydrogen-bond acceptors (Lipinski definition) is 8. The van der Waals surface area contributed by atoms with E-state index in [0.29, 0.717) is 24.7 Å². The van der Waals surface area contributed by atoms with Crippen LogP contribution in [0.3, 0.4) is 0 Å². The van der Waals surface area contributed by atoms with Crippen LogP contribution in [0.2, 0.25) is 0 Å². The number of rotatable bonds is 16. The second kappa shape index (κ2) is 14.3. The molecule has 0 aromatic heterocycles. The van der Waals surface area contributed by atoms with Crippen LogP contribution >= 0.6 is 0 Å². The van der Waals surface area contributed by atoms with Crippen molar-refractivity contribution in [2.75, 3.05) is 19.8 Å². The molecule has 3 fully saturated rings. The highest BCUT2D eigenvalue weighted by molar-refractivity contribution is 5.82. The average molecular weight is 583 g/mol. The van der Waals surface area contributed by atoms with Crippen LogP contribution in [0.15, 0.2) is 55.5 Å². The Morgan fingerprint density at radius 3 is 2.43 bits per heavy atom. The number of fused-ring (bicyclic) bond motifs is 2. The fourth-order valence-corrected chi connectivity index (χ4v) is 6.94. The minimum absolute atomic E-state index is 0.150. The highest BCUT2D eigenvalue weighted by atomic mass is 16.6. The molecule has 230 valence electrons. The zero-order valence-corrected chi connectivity index (χ0v) is 25.5. The first-order valence-electron chi connectivity index (χ1n) is 15.1. The summed E-state index contributed by atoms with van der Waals surface area (Å²) in [5.41, 5.74) is 1.42. The summed E-state index contributed by atoms with van der Waals surface area (Å²) in [7, 11) is 0. The Bertz CT molecular complexity index is 1150. The molecule has 0 aliphatic heterocycles. The zero-order chi connectivity index (χ0) is 30.3. The van der Waals surface area contributed by atoms with Gasteiger partial charge in [0, 0.05) is 23.8 Å². The fourth-order valence-electron chi connectivity index (χ4n) is 6.94. The maximum Gasteiger partial charge on any atom is 0.335 e. The van der Waals surface area contributed by atoms with E-state index in [1.807, 2.05) is 26.0 Å². The predicted molar refractivity (Wildman–Crippen MR) is 159 cm³/mol. The lowest BCUT2D eigenvalue weighted by molar-refractivity contribution is -0.146. The maximum absolute atomic E-state index is 11.4. The van der Waals surface area contributed by atoms with Gasteiger partial charge in [-0.05, 0) is 89.0 Å². The Balaban J connectivity index is 1.42. The van der Waals surface area contributed by atoms with Crippen LogP contribution in [0, 0.1) is 17.8 Å². The van der Waals surface area contributed by atoms with Crippen molar-refractivity contribution in [1.29, 1.82) is 0 Å². The molecule has 3 aliphatic carbocycles. The van der Waals surface area contributed by atoms with Gasteiger partial charge in [-0.3, -0.25) is 0 Å². The predicted octanol–water partition coefficient (Wildman–Crippen LogP) is 6.43. The second-order valence-electron chi connectivity index (χ2n) is 12.3. The van der Waals surface area contributed by atoms with Crippen LogP contribution in [-0.4, -0.2) is 50.1 Å². The lowest BCUT2D eigenvalue weighted by Gasteiger charge is -2.40. The molecule has 0 heterocycles. The molecule has 7 unspecified atom stereocenters. The van der Waals surface area contributed by atoms with Gasteiger partial charge >= 0.3 is 11.9 Å². The summed E-state index contributed by atoms with van der Waals surface area (Å²) >= 11 is 0. The molecule has 0 saturated heterocycles. The van der Waals surface area contributed by atoms with E-state index in [-0.39, 0.29) is 30.3 Å². The van der Waals surface area contributed by atoms with Crippen molar-refractivity contribution in [3.05, 3.63) is 61.1 Å². The summed E-state index contributed by atoms with van der Waals surface area (Å²) in [4.78, 5) is 22.8. The Morgan fingerprint density at radius 1 is 0.929 bits per heavy atom. The Morgan fingerprint density at radius 2 is 1.67 bits per heavy atom. The van der Waals surface area contributed by atoms with Gasteiger partial charge in [0.1, 0.15) is 48.9 Å². The van der Waals surface area contributed by atoms with Crippen LogP contribution in [0.4, 0.5) is 0 Å². The van der Waals surface area contributed by atoms with Crippen molar-refractivity contribution in [3.8, 4) is 11.5 Å². The van der Waals surface area contributed by atoms with Gasteiger partial charge in [-0.15, -0.1) is 0 Å². The van der Waals surface area contributed by atoms with Crippen molar-refractivity contribution < 1.29 is 38.0 Å². The van der Waals surface area contributed by atoms with Crippen molar-refractivity contribution >= 4 is 11.9 Å². The van der Waals surface area contributed by atoms with E-state index >= 15 is 0 Å². The molecule has 1 aromatic carbocycles. The number of esters is 2. The van der Waals surface area contributed by atoms with E-state index < -0.39 is 11.9 Å². The SMILES string of the molecule is C=CC(=O)O/C(C)=C/OC(C)COc1cc(OCC(C)OCC(C)OC(=O)C=C)ccc1C12CC3CCC(C1)C(C3)C2. The number of hydrogen-bond donors (Lipinski definition) is 0. The molecule has 8 heteroatoms. The van der Waals surface area contributed by atoms with Gasteiger partial charge in [-0.1, -0.05) is 25.6 Å². The molecule has 3 aliphatic rings. The van der Waals surface area contributed by atoms with E-state index in [0.717, 1.165) is 35.7 Å². The smallest absolute Gasteiger partial charge is 0.335 e. The second-order valence-corrected chi connectivity index (χ2v) is 12.3. The van der Waals surface area contributed by atoms with E-state index in [1.165, 1.54) is 50.4 Å². The number of ether oxygens (including phenoxy) is 6. The molecule has 0 amide bonds. The van der Waals surface area contributed by atoms with Gasteiger partial charge < -0.3 is 28.4 Å². The first-order valence-corrected chi connectivity index (χ1v) is 15.1. The lowest BCUT2D eigenvalue weighted by atomic mass is 9.65. The van der Waals surface area contributed by atoms with Crippen molar-refractivity contribution in [3.63, 3.8) is 0 Å². The lowest BCUT2D eigenvalue weighted by Crippen LogP contribution is -2.32. The van der Waals surface area contributed by atoms with Gasteiger partial charge in [-0.2, -0.15) is 0 Å². The number of allylic oxidation sites excluding steroid dienone is 1. The van der Waals surface area contributed by atoms with Crippen LogP contribution in [0.1, 0.15) is 71.8 Å². The Hall–Kier alpha value is -3.26. The van der Waals surface area contributed by atoms with Gasteiger partial charge in [0.05, 0.1) is 12.7 Å². The quantitative estimate of drug-likeness (QED) is 0.125. The molecule has 0 spiro atoms. The molecule has 7 atom stereocenters. The van der Waals surface area contributed by atoms with Crippen LogP contribution in [0.25, 0.3) is 0 Å². The molecule has 0 N–H and O–H groups in total. The molecule has 4 rings (SSSR count). The van der Waals surface area contributed by atoms with Gasteiger partial charge in [-0.25, -0.2) is 9.59 Å². The van der Waals surface area contributed by atoms with Gasteiger partial charge in [0.2, 0.25) is 0 Å². The van der Waals surface area contributed by atoms with Gasteiger partial charge in [0.25, 0.3) is 0 Å². The third kappa shape index (κ3) is 8.18. The molecule has 1 aromatic rings. The minimum atomic E-state index is -0.529. The normalized spacial score (nSPS) is 26.5. The molecule has 3 saturated carbocycles. The van der Waals surface area contributed by atoms with E-state index in [9.17, 15) is 9.59 Å². The molecule has 42 heavy (non-hydrogen) atoms. The number of carbonyl (C=O) groups excluding carboxylic acids is 2. The highest BCUT2D eigenvalue weighted by Gasteiger charge is 2.54. The van der Waals surface area contributed by atoms with Crippen molar-refractivity contribution in [1.82, 2.24) is 0 Å². The monoisotopic (exact) mass is 582 g/mol. The average Bonchev–Trinajstić information content (AvgIpc) is 3.15. The van der Waals surface area contributed by atoms with Crippen LogP contribution in [0.5, 0.6) is 11.5 Å². The zero-order valence-electron chi connectivity index (χ0n) is 25.5. The fraction of sp³-hybridized carbons (Fsp3) is 0.588. The molecular weight excluding hydrogens is 536 g/mol. The Labute approximate surface area is 250 Å². The summed E-state index contributed by atoms with van der Waals surface area (Å²) in [6.07, 6.45) is 10.6. The van der Waals surface area contributed by atoms with Crippen molar-refractivity contribution in [2.24, 2.45) is 17.8 Å². The topological polar surface area (TPSA) is 89.5 Å². The standard InChI is InChI=1S/C34H46O8/c1-7-32(35)41-24(5)20-37-22(3)18-39-29-11-12-30(34-15-26-9-10-27(16-34)28(13-26)17-34)31(14-29)40-19-23(4)38-21-25(6)42-33(36)8-2/h7-8,11-12,14,21-24,26-28H,1-2,9-10,13,15-20H2,3-6H3/b25-21+. The highest BCUT2D eigenvalue weighted by Crippen LogP contribution is 2.63. The first kappa shape index (κ1) is 31.7. The first-order chi connectivity index (χ1) is 20.1. The molecular formula is C34H46O8. The van der Waals surface area contributed by atoms with Crippen LogP contribution in [-0.2, 0) is 34.0 Å². The van der Waals surface area contributed by atoms with Crippen LogP contribution < -0.4 is 9.47 Å². The summed E-state index contributed by atoms with van der Waals surface area (Å²) in [6, 6.07) is 6.24. The molecule has 3 bridgehead atoms. The third-order valence-corrected chi connectivity index (χ3v) is 8.71. The summed E-state index contributed by atoms with van der Waals surface area (Å²) in [6.45, 7) is 15.0. The maximum atomic E-state index is 11.4. The molecule has 8 nitrogen and oxygen atoms in total. The van der Waals surface area contributed by atoms with Gasteiger partial charge in [0.15, 0.2) is 0 Å². The summed E-state index contributed by atoms with van der Waals surface area (Å²) in [5.74, 6) is 3.32. The van der Waals surface area contributed by atoms with E-state index in [4.69, 9.17) is 28.4 Å². The molecule has 0 radical (unpaired) electrons. The van der Waals surface area contributed by atoms with E-state index in [1.54, 1.807) is 13.8 Å². The van der Waals surface area contributed by atoms with E-state index in [2.05, 4.69) is 19.2 Å². The Kier molecular flexibility index (Phi) is 10.8. The summed E-state index contributed by atoms with van der Waals surface area (Å²) < 4.78 is 34.4. The summed E-state index contributed by atoms with van der Waals surface area (Å²) in [5, 5.41) is 0. The largest absolute Gasteiger partial charge is 0.491 e. The number of carbonyl (C=O) groups is 2. The minimum Gasteiger partial charge on any atom is -0.491 e. The number of benzene rings is 1. The van der Waals surface area contributed by atoms with Crippen molar-refractivity contribution in [2.45, 2.75) is 89.9 Å².